The molecule has 0 heterocycles. The highest BCUT2D eigenvalue weighted by Crippen LogP contribution is 2.14. The van der Waals surface area contributed by atoms with Gasteiger partial charge in [0.15, 0.2) is 6.61 Å². The molecule has 0 fully saturated rings. The fourth-order valence-electron chi connectivity index (χ4n) is 0.580. The van der Waals surface area contributed by atoms with Gasteiger partial charge in [-0.2, -0.15) is 13.2 Å². The summed E-state index contributed by atoms with van der Waals surface area (Å²) in [6, 6.07) is 0. The molecule has 0 bridgehead atoms. The van der Waals surface area contributed by atoms with Gasteiger partial charge in [-0.15, -0.1) is 12.4 Å². The molecule has 8 heteroatoms. The molecular formula is C7H14ClF3N2O2. The molecule has 92 valence electrons. The summed E-state index contributed by atoms with van der Waals surface area (Å²) in [5.74, 6) is 0. The number of carbonyl (C=O) groups is 1. The Bertz CT molecular complexity index is 188. The maximum Gasteiger partial charge on any atom is 0.422 e. The Hall–Kier alpha value is -0.690. The maximum atomic E-state index is 11.6. The number of likely N-dealkylation sites (N-methyl/N-ethyl adjacent to an activating group) is 1. The number of rotatable bonds is 4. The second-order valence-corrected chi connectivity index (χ2v) is 2.92. The standard InChI is InChI=1S/C7H13F3N2O2.ClH/c1-12(2)4-3-11-6(13)14-5-7(8,9)10;/h3-5H2,1-2H3,(H,11,13);1H. The van der Waals surface area contributed by atoms with E-state index in [0.717, 1.165) is 0 Å². The lowest BCUT2D eigenvalue weighted by Crippen LogP contribution is -2.33. The van der Waals surface area contributed by atoms with Gasteiger partial charge < -0.3 is 15.0 Å². The van der Waals surface area contributed by atoms with Crippen LogP contribution in [0.1, 0.15) is 0 Å². The molecule has 1 N–H and O–H groups in total. The zero-order valence-electron chi connectivity index (χ0n) is 8.43. The number of halogens is 4. The summed E-state index contributed by atoms with van der Waals surface area (Å²) in [5.41, 5.74) is 0. The summed E-state index contributed by atoms with van der Waals surface area (Å²) in [6.07, 6.45) is -5.53. The van der Waals surface area contributed by atoms with E-state index in [9.17, 15) is 18.0 Å². The van der Waals surface area contributed by atoms with Gasteiger partial charge in [-0.1, -0.05) is 0 Å². The first-order valence-electron chi connectivity index (χ1n) is 3.93. The number of alkyl carbamates (subject to hydrolysis) is 1. The molecule has 0 aliphatic heterocycles. The fraction of sp³-hybridized carbons (Fsp3) is 0.857. The molecule has 0 aliphatic rings. The first-order valence-corrected chi connectivity index (χ1v) is 3.93. The molecule has 15 heavy (non-hydrogen) atoms. The summed E-state index contributed by atoms with van der Waals surface area (Å²) >= 11 is 0. The molecule has 0 spiro atoms. The molecule has 0 aromatic carbocycles. The molecule has 0 rings (SSSR count). The molecule has 1 amide bonds. The van der Waals surface area contributed by atoms with Gasteiger partial charge in [0.05, 0.1) is 0 Å². The van der Waals surface area contributed by atoms with Crippen LogP contribution in [-0.4, -0.2) is 51.0 Å². The number of hydrogen-bond acceptors (Lipinski definition) is 3. The molecule has 0 aromatic heterocycles. The molecule has 0 saturated carbocycles. The van der Waals surface area contributed by atoms with Gasteiger partial charge in [0, 0.05) is 13.1 Å². The van der Waals surface area contributed by atoms with Gasteiger partial charge >= 0.3 is 12.3 Å². The fourth-order valence-corrected chi connectivity index (χ4v) is 0.580. The van der Waals surface area contributed by atoms with Crippen LogP contribution in [0, 0.1) is 0 Å². The monoisotopic (exact) mass is 250 g/mol. The second kappa shape index (κ2) is 7.58. The normalized spacial score (nSPS) is 10.8. The minimum atomic E-state index is -4.47. The van der Waals surface area contributed by atoms with Crippen LogP contribution in [0.4, 0.5) is 18.0 Å². The Morgan fingerprint density at radius 3 is 2.33 bits per heavy atom. The number of ether oxygens (including phenoxy) is 1. The van der Waals surface area contributed by atoms with Crippen molar-refractivity contribution in [2.24, 2.45) is 0 Å². The predicted molar refractivity (Wildman–Crippen MR) is 51.2 cm³/mol. The Morgan fingerprint density at radius 2 is 1.93 bits per heavy atom. The Morgan fingerprint density at radius 1 is 1.40 bits per heavy atom. The molecule has 0 aliphatic carbocycles. The zero-order chi connectivity index (χ0) is 11.2. The van der Waals surface area contributed by atoms with Crippen molar-refractivity contribution in [3.63, 3.8) is 0 Å². The lowest BCUT2D eigenvalue weighted by Gasteiger charge is -2.11. The van der Waals surface area contributed by atoms with Crippen LogP contribution in [0.3, 0.4) is 0 Å². The van der Waals surface area contributed by atoms with Crippen molar-refractivity contribution in [1.82, 2.24) is 10.2 Å². The quantitative estimate of drug-likeness (QED) is 0.817. The topological polar surface area (TPSA) is 41.6 Å². The van der Waals surface area contributed by atoms with Gasteiger partial charge in [-0.3, -0.25) is 0 Å². The molecule has 0 atom stereocenters. The third kappa shape index (κ3) is 13.3. The molecule has 4 nitrogen and oxygen atoms in total. The van der Waals surface area contributed by atoms with Crippen LogP contribution in [0.5, 0.6) is 0 Å². The summed E-state index contributed by atoms with van der Waals surface area (Å²) in [4.78, 5) is 12.4. The molecular weight excluding hydrogens is 237 g/mol. The van der Waals surface area contributed by atoms with Crippen LogP contribution in [-0.2, 0) is 4.74 Å². The third-order valence-corrected chi connectivity index (χ3v) is 1.20. The van der Waals surface area contributed by atoms with Gasteiger partial charge in [0.25, 0.3) is 0 Å². The van der Waals surface area contributed by atoms with Crippen molar-refractivity contribution in [2.45, 2.75) is 6.18 Å². The third-order valence-electron chi connectivity index (χ3n) is 1.20. The van der Waals surface area contributed by atoms with Crippen LogP contribution in [0.15, 0.2) is 0 Å². The van der Waals surface area contributed by atoms with E-state index in [-0.39, 0.29) is 19.0 Å². The van der Waals surface area contributed by atoms with Crippen LogP contribution >= 0.6 is 12.4 Å². The van der Waals surface area contributed by atoms with Gasteiger partial charge in [0.2, 0.25) is 0 Å². The van der Waals surface area contributed by atoms with E-state index < -0.39 is 18.9 Å². The molecule has 0 aromatic rings. The van der Waals surface area contributed by atoms with Gasteiger partial charge in [-0.05, 0) is 14.1 Å². The number of alkyl halides is 3. The van der Waals surface area contributed by atoms with Gasteiger partial charge in [-0.25, -0.2) is 4.79 Å². The molecule has 0 unspecified atom stereocenters. The summed E-state index contributed by atoms with van der Waals surface area (Å²) in [7, 11) is 3.56. The Kier molecular flexibility index (Phi) is 8.46. The number of amides is 1. The van der Waals surface area contributed by atoms with E-state index in [1.807, 2.05) is 0 Å². The minimum absolute atomic E-state index is 0. The highest BCUT2D eigenvalue weighted by molar-refractivity contribution is 5.85. The Balaban J connectivity index is 0. The zero-order valence-corrected chi connectivity index (χ0v) is 9.24. The minimum Gasteiger partial charge on any atom is -0.440 e. The van der Waals surface area contributed by atoms with Crippen molar-refractivity contribution >= 4 is 18.5 Å². The summed E-state index contributed by atoms with van der Waals surface area (Å²) in [5, 5.41) is 2.18. The Labute approximate surface area is 92.2 Å². The smallest absolute Gasteiger partial charge is 0.422 e. The highest BCUT2D eigenvalue weighted by Gasteiger charge is 2.29. The van der Waals surface area contributed by atoms with E-state index in [0.29, 0.717) is 6.54 Å². The summed E-state index contributed by atoms with van der Waals surface area (Å²) in [6.45, 7) is -0.758. The molecule has 0 radical (unpaired) electrons. The average molecular weight is 251 g/mol. The first-order chi connectivity index (χ1) is 6.31. The van der Waals surface area contributed by atoms with Crippen molar-refractivity contribution in [3.8, 4) is 0 Å². The lowest BCUT2D eigenvalue weighted by atomic mass is 10.6. The predicted octanol–water partition coefficient (Wildman–Crippen LogP) is 1.26. The van der Waals surface area contributed by atoms with Crippen LogP contribution in [0.25, 0.3) is 0 Å². The maximum absolute atomic E-state index is 11.6. The number of carbonyl (C=O) groups excluding carboxylic acids is 1. The van der Waals surface area contributed by atoms with Crippen LogP contribution < -0.4 is 5.32 Å². The molecule has 0 saturated heterocycles. The highest BCUT2D eigenvalue weighted by atomic mass is 35.5. The van der Waals surface area contributed by atoms with Crippen molar-refractivity contribution in [3.05, 3.63) is 0 Å². The largest absolute Gasteiger partial charge is 0.440 e. The van der Waals surface area contributed by atoms with E-state index in [1.54, 1.807) is 19.0 Å². The van der Waals surface area contributed by atoms with E-state index in [4.69, 9.17) is 0 Å². The second-order valence-electron chi connectivity index (χ2n) is 2.92. The van der Waals surface area contributed by atoms with Crippen molar-refractivity contribution in [1.29, 1.82) is 0 Å². The average Bonchev–Trinajstić information content (AvgIpc) is 1.99. The van der Waals surface area contributed by atoms with Crippen molar-refractivity contribution in [2.75, 3.05) is 33.8 Å². The number of nitrogens with zero attached hydrogens (tertiary/aromatic N) is 1. The summed E-state index contributed by atoms with van der Waals surface area (Å²) < 4.78 is 38.6. The van der Waals surface area contributed by atoms with Crippen LogP contribution in [0.2, 0.25) is 0 Å². The van der Waals surface area contributed by atoms with E-state index in [1.165, 1.54) is 0 Å². The van der Waals surface area contributed by atoms with Crippen molar-refractivity contribution < 1.29 is 22.7 Å². The number of nitrogens with one attached hydrogen (secondary N) is 1. The number of hydrogen-bond donors (Lipinski definition) is 1. The first kappa shape index (κ1) is 16.7. The van der Waals surface area contributed by atoms with E-state index >= 15 is 0 Å². The SMILES string of the molecule is CN(C)CCNC(=O)OCC(F)(F)F.Cl. The van der Waals surface area contributed by atoms with E-state index in [2.05, 4.69) is 10.1 Å². The van der Waals surface area contributed by atoms with Gasteiger partial charge in [0.1, 0.15) is 0 Å². The lowest BCUT2D eigenvalue weighted by molar-refractivity contribution is -0.160.